The molecule has 1 aromatic heterocycles. The maximum Gasteiger partial charge on any atom is 0.124 e. The molecule has 0 aliphatic carbocycles. The van der Waals surface area contributed by atoms with Crippen LogP contribution in [0.25, 0.3) is 11.0 Å². The lowest BCUT2D eigenvalue weighted by Gasteiger charge is -2.38. The number of alkyl halides is 1. The first-order valence-electron chi connectivity index (χ1n) is 7.49. The van der Waals surface area contributed by atoms with Crippen LogP contribution in [-0.2, 0) is 12.4 Å². The van der Waals surface area contributed by atoms with E-state index in [0.29, 0.717) is 11.9 Å². The van der Waals surface area contributed by atoms with Crippen LogP contribution in [0.3, 0.4) is 0 Å². The summed E-state index contributed by atoms with van der Waals surface area (Å²) in [5.41, 5.74) is 3.55. The second-order valence-electron chi connectivity index (χ2n) is 6.11. The minimum Gasteiger partial charge on any atom is -0.325 e. The Morgan fingerprint density at radius 2 is 2.10 bits per heavy atom. The predicted molar refractivity (Wildman–Crippen MR) is 87.9 cm³/mol. The minimum atomic E-state index is 0.459. The average Bonchev–Trinajstić information content (AvgIpc) is 2.82. The lowest BCUT2D eigenvalue weighted by molar-refractivity contribution is 0.103. The van der Waals surface area contributed by atoms with Crippen LogP contribution in [0, 0.1) is 6.92 Å². The highest BCUT2D eigenvalue weighted by atomic mass is 35.5. The number of imidazole rings is 1. The number of piperazine rings is 1. The summed E-state index contributed by atoms with van der Waals surface area (Å²) >= 11 is 6.13. The number of fused-ring (bicyclic) bond motifs is 1. The highest BCUT2D eigenvalue weighted by molar-refractivity contribution is 6.16. The number of aromatic nitrogens is 2. The molecule has 0 spiro atoms. The molecule has 114 valence electrons. The fourth-order valence-corrected chi connectivity index (χ4v) is 3.43. The predicted octanol–water partition coefficient (Wildman–Crippen LogP) is 2.33. The molecule has 1 aromatic carbocycles. The SMILES string of the molecule is Cc1cccc2nc(CCl)n(CC3CN(C)CCN3C)c12. The normalized spacial score (nSPS) is 21.2. The Balaban J connectivity index is 1.99. The molecule has 3 rings (SSSR count). The van der Waals surface area contributed by atoms with Crippen LogP contribution < -0.4 is 0 Å². The number of halogens is 1. The monoisotopic (exact) mass is 306 g/mol. The summed E-state index contributed by atoms with van der Waals surface area (Å²) in [5.74, 6) is 1.43. The number of nitrogens with zero attached hydrogens (tertiary/aromatic N) is 4. The Bertz CT molecular complexity index is 636. The number of rotatable bonds is 3. The van der Waals surface area contributed by atoms with Gasteiger partial charge in [-0.1, -0.05) is 12.1 Å². The molecule has 1 saturated heterocycles. The smallest absolute Gasteiger partial charge is 0.124 e. The van der Waals surface area contributed by atoms with Gasteiger partial charge in [0.05, 0.1) is 16.9 Å². The van der Waals surface area contributed by atoms with Crippen LogP contribution in [0.4, 0.5) is 0 Å². The van der Waals surface area contributed by atoms with E-state index in [1.807, 2.05) is 0 Å². The molecule has 0 bridgehead atoms. The van der Waals surface area contributed by atoms with Crippen molar-refractivity contribution in [2.45, 2.75) is 25.4 Å². The van der Waals surface area contributed by atoms with Crippen molar-refractivity contribution < 1.29 is 0 Å². The van der Waals surface area contributed by atoms with Crippen LogP contribution in [0.1, 0.15) is 11.4 Å². The largest absolute Gasteiger partial charge is 0.325 e. The maximum atomic E-state index is 6.13. The van der Waals surface area contributed by atoms with Gasteiger partial charge in [0, 0.05) is 32.2 Å². The summed E-state index contributed by atoms with van der Waals surface area (Å²) in [6, 6.07) is 6.79. The molecule has 1 aliphatic rings. The quantitative estimate of drug-likeness (QED) is 0.814. The van der Waals surface area contributed by atoms with E-state index in [1.165, 1.54) is 11.1 Å². The summed E-state index contributed by atoms with van der Waals surface area (Å²) in [6.07, 6.45) is 0. The summed E-state index contributed by atoms with van der Waals surface area (Å²) in [7, 11) is 4.41. The molecule has 1 unspecified atom stereocenters. The van der Waals surface area contributed by atoms with Crippen molar-refractivity contribution in [2.24, 2.45) is 0 Å². The molecule has 2 aromatic rings. The van der Waals surface area contributed by atoms with Gasteiger partial charge in [0.2, 0.25) is 0 Å². The van der Waals surface area contributed by atoms with Crippen LogP contribution in [0.5, 0.6) is 0 Å². The Morgan fingerprint density at radius 3 is 2.86 bits per heavy atom. The van der Waals surface area contributed by atoms with Crippen molar-refractivity contribution >= 4 is 22.6 Å². The zero-order chi connectivity index (χ0) is 15.0. The fourth-order valence-electron chi connectivity index (χ4n) is 3.22. The van der Waals surface area contributed by atoms with E-state index in [4.69, 9.17) is 16.6 Å². The molecule has 5 heteroatoms. The van der Waals surface area contributed by atoms with Gasteiger partial charge in [0.25, 0.3) is 0 Å². The number of hydrogen-bond acceptors (Lipinski definition) is 3. The zero-order valence-corrected chi connectivity index (χ0v) is 13.8. The van der Waals surface area contributed by atoms with Gasteiger partial charge in [0.1, 0.15) is 5.82 Å². The third-order valence-corrected chi connectivity index (χ3v) is 4.78. The molecule has 0 saturated carbocycles. The Morgan fingerprint density at radius 1 is 1.29 bits per heavy atom. The second-order valence-corrected chi connectivity index (χ2v) is 6.38. The van der Waals surface area contributed by atoms with Gasteiger partial charge in [-0.15, -0.1) is 11.6 Å². The summed E-state index contributed by atoms with van der Waals surface area (Å²) in [6.45, 7) is 6.44. The van der Waals surface area contributed by atoms with E-state index in [1.54, 1.807) is 0 Å². The molecule has 1 aliphatic heterocycles. The van der Waals surface area contributed by atoms with Crippen LogP contribution in [-0.4, -0.2) is 59.1 Å². The topological polar surface area (TPSA) is 24.3 Å². The number of likely N-dealkylation sites (N-methyl/N-ethyl adjacent to an activating group) is 2. The third kappa shape index (κ3) is 2.80. The lowest BCUT2D eigenvalue weighted by atomic mass is 10.1. The summed E-state index contributed by atoms with van der Waals surface area (Å²) < 4.78 is 2.32. The van der Waals surface area contributed by atoms with E-state index in [0.717, 1.165) is 37.5 Å². The van der Waals surface area contributed by atoms with E-state index in [2.05, 4.69) is 53.6 Å². The van der Waals surface area contributed by atoms with Gasteiger partial charge in [0.15, 0.2) is 0 Å². The van der Waals surface area contributed by atoms with E-state index in [9.17, 15) is 0 Å². The van der Waals surface area contributed by atoms with Crippen LogP contribution in [0.15, 0.2) is 18.2 Å². The number of aryl methyl sites for hydroxylation is 1. The summed E-state index contributed by atoms with van der Waals surface area (Å²) in [5, 5.41) is 0. The van der Waals surface area contributed by atoms with Crippen LogP contribution in [0.2, 0.25) is 0 Å². The molecular formula is C16H23ClN4. The van der Waals surface area contributed by atoms with Crippen molar-refractivity contribution in [1.29, 1.82) is 0 Å². The van der Waals surface area contributed by atoms with E-state index in [-0.39, 0.29) is 0 Å². The molecule has 0 radical (unpaired) electrons. The standard InChI is InChI=1S/C16H23ClN4/c1-12-5-4-6-14-16(12)21(15(9-17)18-14)11-13-10-19(2)7-8-20(13)3/h4-6,13H,7-11H2,1-3H3. The van der Waals surface area contributed by atoms with Gasteiger partial charge >= 0.3 is 0 Å². The van der Waals surface area contributed by atoms with Crippen molar-refractivity contribution in [3.63, 3.8) is 0 Å². The Hall–Kier alpha value is -1.10. The third-order valence-electron chi connectivity index (χ3n) is 4.54. The van der Waals surface area contributed by atoms with E-state index >= 15 is 0 Å². The molecule has 4 nitrogen and oxygen atoms in total. The first-order valence-corrected chi connectivity index (χ1v) is 8.03. The molecule has 2 heterocycles. The number of para-hydroxylation sites is 1. The zero-order valence-electron chi connectivity index (χ0n) is 13.0. The van der Waals surface area contributed by atoms with Gasteiger partial charge < -0.3 is 9.47 Å². The molecule has 1 fully saturated rings. The van der Waals surface area contributed by atoms with Crippen molar-refractivity contribution in [2.75, 3.05) is 33.7 Å². The first kappa shape index (κ1) is 14.8. The molecule has 1 atom stereocenters. The van der Waals surface area contributed by atoms with Gasteiger partial charge in [-0.2, -0.15) is 0 Å². The van der Waals surface area contributed by atoms with Crippen molar-refractivity contribution in [3.8, 4) is 0 Å². The average molecular weight is 307 g/mol. The minimum absolute atomic E-state index is 0.459. The molecule has 0 amide bonds. The first-order chi connectivity index (χ1) is 10.1. The second kappa shape index (κ2) is 5.95. The van der Waals surface area contributed by atoms with Crippen molar-refractivity contribution in [3.05, 3.63) is 29.6 Å². The molecule has 21 heavy (non-hydrogen) atoms. The Labute approximate surface area is 131 Å². The Kier molecular flexibility index (Phi) is 4.20. The van der Waals surface area contributed by atoms with Crippen LogP contribution >= 0.6 is 11.6 Å². The summed E-state index contributed by atoms with van der Waals surface area (Å²) in [4.78, 5) is 9.55. The van der Waals surface area contributed by atoms with Crippen molar-refractivity contribution in [1.82, 2.24) is 19.4 Å². The highest BCUT2D eigenvalue weighted by Gasteiger charge is 2.24. The molecular weight excluding hydrogens is 284 g/mol. The number of benzene rings is 1. The maximum absolute atomic E-state index is 6.13. The lowest BCUT2D eigenvalue weighted by Crippen LogP contribution is -2.51. The van der Waals surface area contributed by atoms with E-state index < -0.39 is 0 Å². The fraction of sp³-hybridized carbons (Fsp3) is 0.562. The highest BCUT2D eigenvalue weighted by Crippen LogP contribution is 2.23. The molecule has 0 N–H and O–H groups in total. The number of hydrogen-bond donors (Lipinski definition) is 0. The van der Waals surface area contributed by atoms with Gasteiger partial charge in [-0.25, -0.2) is 4.98 Å². The van der Waals surface area contributed by atoms with Gasteiger partial charge in [-0.05, 0) is 32.6 Å². The van der Waals surface area contributed by atoms with Gasteiger partial charge in [-0.3, -0.25) is 4.90 Å².